The topological polar surface area (TPSA) is 235 Å². The maximum atomic E-state index is 13.3. The van der Waals surface area contributed by atoms with Crippen molar-refractivity contribution in [3.63, 3.8) is 0 Å². The molecule has 13 rings (SSSR count). The van der Waals surface area contributed by atoms with Crippen molar-refractivity contribution in [1.82, 2.24) is 24.4 Å². The molecule has 0 atom stereocenters. The number of carboxylic acids is 1. The van der Waals surface area contributed by atoms with E-state index in [0.717, 1.165) is 38.1 Å². The molecule has 0 radical (unpaired) electrons. The number of rotatable bonds is 1. The van der Waals surface area contributed by atoms with Gasteiger partial charge in [-0.05, 0) is 91.0 Å². The van der Waals surface area contributed by atoms with E-state index in [1.807, 2.05) is 12.1 Å². The lowest BCUT2D eigenvalue weighted by Gasteiger charge is -2.33. The number of carbonyl (C=O) groups excluding carboxylic acids is 1. The van der Waals surface area contributed by atoms with Crippen molar-refractivity contribution in [2.45, 2.75) is 69.0 Å². The number of nitrogens with one attached hydrogen (secondary N) is 1. The van der Waals surface area contributed by atoms with Gasteiger partial charge in [-0.25, -0.2) is 27.8 Å². The molecule has 4 saturated heterocycles. The first-order valence-electron chi connectivity index (χ1n) is 25.6. The molecule has 25 heteroatoms. The molecule has 1 amide bonds. The number of amides is 1. The van der Waals surface area contributed by atoms with Gasteiger partial charge in [0.1, 0.15) is 23.3 Å². The first-order chi connectivity index (χ1) is 39.8. The summed E-state index contributed by atoms with van der Waals surface area (Å²) in [6, 6.07) is 27.6. The number of hydrogen-bond donors (Lipinski definition) is 3. The van der Waals surface area contributed by atoms with E-state index in [9.17, 15) is 28.0 Å². The second kappa shape index (κ2) is 28.4. The van der Waals surface area contributed by atoms with Gasteiger partial charge in [-0.2, -0.15) is 0 Å². The van der Waals surface area contributed by atoms with Crippen molar-refractivity contribution < 1.29 is 56.1 Å². The number of nitrogens with zero attached hydrogens (tertiary/aromatic N) is 4. The number of nitrogen functional groups attached to an aromatic ring is 1. The molecule has 6 aliphatic rings. The fourth-order valence-corrected chi connectivity index (χ4v) is 10.2. The average molecular weight is 1330 g/mol. The van der Waals surface area contributed by atoms with Crippen LogP contribution in [0.3, 0.4) is 0 Å². The van der Waals surface area contributed by atoms with Crippen LogP contribution < -0.4 is 22.2 Å². The number of piperidine rings is 1. The molecule has 8 heterocycles. The third-order valence-electron chi connectivity index (χ3n) is 13.4. The summed E-state index contributed by atoms with van der Waals surface area (Å²) in [6.07, 6.45) is 8.95. The van der Waals surface area contributed by atoms with Gasteiger partial charge in [-0.3, -0.25) is 23.5 Å². The lowest BCUT2D eigenvalue weighted by Crippen LogP contribution is -2.48. The van der Waals surface area contributed by atoms with E-state index in [2.05, 4.69) is 86.3 Å². The first-order valence-corrected chi connectivity index (χ1v) is 30.0. The minimum absolute atomic E-state index is 0.0179. The smallest absolute Gasteiger partial charge is 0.337 e. The molecule has 5 aromatic carbocycles. The van der Waals surface area contributed by atoms with Gasteiger partial charge in [0.2, 0.25) is 15.1 Å². The van der Waals surface area contributed by atoms with Crippen molar-refractivity contribution >= 4 is 102 Å². The third-order valence-corrected chi connectivity index (χ3v) is 14.4. The molecular weight excluding hydrogens is 1270 g/mol. The average Bonchev–Trinajstić information content (AvgIpc) is 4.45. The molecule has 18 nitrogen and oxygen atoms in total. The van der Waals surface area contributed by atoms with Crippen LogP contribution in [0.4, 0.5) is 14.5 Å². The highest BCUT2D eigenvalue weighted by atomic mass is 79.9. The molecule has 7 aromatic rings. The Morgan fingerprint density at radius 2 is 1.10 bits per heavy atom. The van der Waals surface area contributed by atoms with Gasteiger partial charge >= 0.3 is 5.97 Å². The van der Waals surface area contributed by atoms with Gasteiger partial charge in [0.05, 0.1) is 86.6 Å². The van der Waals surface area contributed by atoms with Crippen LogP contribution in [-0.4, -0.2) is 104 Å². The Morgan fingerprint density at radius 1 is 0.651 bits per heavy atom. The summed E-state index contributed by atoms with van der Waals surface area (Å²) in [7, 11) is 7.36. The van der Waals surface area contributed by atoms with Crippen LogP contribution in [0.15, 0.2) is 122 Å². The maximum Gasteiger partial charge on any atom is 0.337 e. The van der Waals surface area contributed by atoms with Crippen LogP contribution in [0.2, 0.25) is 0 Å². The van der Waals surface area contributed by atoms with E-state index < -0.39 is 32.6 Å². The van der Waals surface area contributed by atoms with Crippen LogP contribution >= 0.6 is 53.2 Å². The molecule has 6 aliphatic heterocycles. The van der Waals surface area contributed by atoms with Crippen molar-refractivity contribution in [3.8, 4) is 24.2 Å². The Balaban J connectivity index is 0.000000143. The van der Waals surface area contributed by atoms with Gasteiger partial charge in [0, 0.05) is 91.2 Å². The molecule has 83 heavy (non-hydrogen) atoms. The van der Waals surface area contributed by atoms with Crippen LogP contribution in [-0.2, 0) is 68.4 Å². The number of fused-ring (bicyclic) bond motifs is 4. The lowest BCUT2D eigenvalue weighted by atomic mass is 10.0. The molecule has 3 spiro atoms. The molecule has 2 aromatic heterocycles. The van der Waals surface area contributed by atoms with Crippen LogP contribution in [0.5, 0.6) is 0 Å². The number of carbonyl (C=O) groups is 2. The van der Waals surface area contributed by atoms with E-state index in [0.29, 0.717) is 119 Å². The summed E-state index contributed by atoms with van der Waals surface area (Å²) in [5, 5.41) is 12.5. The highest BCUT2D eigenvalue weighted by Gasteiger charge is 2.43. The predicted octanol–water partition coefficient (Wildman–Crippen LogP) is 8.69. The Kier molecular flexibility index (Phi) is 21.4. The van der Waals surface area contributed by atoms with Gasteiger partial charge in [0.25, 0.3) is 11.1 Å². The van der Waals surface area contributed by atoms with E-state index in [1.54, 1.807) is 69.8 Å². The van der Waals surface area contributed by atoms with E-state index in [4.69, 9.17) is 49.9 Å². The predicted molar refractivity (Wildman–Crippen MR) is 315 cm³/mol. The zero-order valence-corrected chi connectivity index (χ0v) is 49.5. The number of ether oxygens (including phenoxy) is 6. The minimum Gasteiger partial charge on any atom is -0.478 e. The van der Waals surface area contributed by atoms with E-state index in [1.165, 1.54) is 30.3 Å². The largest absolute Gasteiger partial charge is 0.478 e. The number of benzene rings is 5. The zero-order chi connectivity index (χ0) is 59.3. The summed E-state index contributed by atoms with van der Waals surface area (Å²) in [6.45, 7) is 4.90. The van der Waals surface area contributed by atoms with Crippen LogP contribution in [0, 0.1) is 35.8 Å². The first kappa shape index (κ1) is 62.6. The van der Waals surface area contributed by atoms with Gasteiger partial charge in [-0.1, -0.05) is 61.8 Å². The number of aryl methyl sites for hydroxylation is 2. The quantitative estimate of drug-likeness (QED) is 0.0792. The van der Waals surface area contributed by atoms with E-state index in [-0.39, 0.29) is 39.9 Å². The highest BCUT2D eigenvalue weighted by Crippen LogP contribution is 2.33. The number of hydrogen-bond acceptors (Lipinski definition) is 14. The van der Waals surface area contributed by atoms with Gasteiger partial charge in [0.15, 0.2) is 17.4 Å². The van der Waals surface area contributed by atoms with Crippen molar-refractivity contribution in [2.24, 2.45) is 0 Å². The number of carboxylic acid groups (broad SMARTS) is 1. The van der Waals surface area contributed by atoms with Crippen LogP contribution in [0.25, 0.3) is 21.8 Å². The summed E-state index contributed by atoms with van der Waals surface area (Å²) in [5.74, 6) is 6.52. The molecule has 0 bridgehead atoms. The Hall–Kier alpha value is -6.45. The normalized spacial score (nSPS) is 17.2. The second-order valence-electron chi connectivity index (χ2n) is 19.0. The number of aromatic nitrogens is 4. The van der Waals surface area contributed by atoms with Crippen molar-refractivity contribution in [3.05, 3.63) is 178 Å². The minimum atomic E-state index is -1.67. The summed E-state index contributed by atoms with van der Waals surface area (Å²) in [4.78, 5) is 56.1. The number of aromatic carboxylic acids is 1. The zero-order valence-electron chi connectivity index (χ0n) is 44.0. The lowest BCUT2D eigenvalue weighted by molar-refractivity contribution is -0.178. The van der Waals surface area contributed by atoms with Gasteiger partial charge in [-0.15, -0.1) is 6.42 Å². The molecule has 0 aliphatic carbocycles. The number of nitrogens with two attached hydrogens (primary N) is 1. The SMILES string of the molecule is C#Cc1cccc(F)c1.Nc1cc(Br)ccc1C(=O)O.O=C1CCC2(CN1)OCCO2.O=S(Cl)Cl.O=c1c2ccc(Br)cc2nc2n1CC1(CC2)OCCO1.O=c1c2ccc(C#Cc3cccc(F)c3)cc2nc2n1CC1(CC2)OCCO1. The molecule has 0 unspecified atom stereocenters. The number of anilines is 1. The Bertz CT molecular complexity index is 3790. The fourth-order valence-electron chi connectivity index (χ4n) is 9.48. The summed E-state index contributed by atoms with van der Waals surface area (Å²) in [5.41, 5.74) is 8.96. The molecule has 0 saturated carbocycles. The standard InChI is InChI=1S/C22H17FN2O3.C14H13BrN2O3.C8H5F.C7H6BrNO2.C7H11NO3.Cl2OS/c23-17-3-1-2-15(12-17)4-5-16-6-7-18-19(13-16)24-20-8-9-22(27-10-11-28-22)14-25(20)21(18)26;15-9-1-2-10-11(7-9)16-12-3-4-14(19-5-6-20-14)8-17(12)13(10)18;1-2-7-4-3-5-8(9)6-7;8-4-1-2-5(7(10)11)6(9)3-4;9-6-1-2-7(5-8-6)10-3-4-11-7;1-4(2)3/h1-3,6-7,12-13H,8-11,14H2;1-2,7H,3-6,8H2;1,3-6H;1-3H,9H2,(H,10,11);1-5H2,(H,8,9);. The number of terminal acetylenes is 1. The molecular formula is C58H52Br2Cl2F2N6O12S. The Labute approximate surface area is 502 Å². The van der Waals surface area contributed by atoms with E-state index >= 15 is 0 Å². The third kappa shape index (κ3) is 16.7. The van der Waals surface area contributed by atoms with Crippen molar-refractivity contribution in [2.75, 3.05) is 51.9 Å². The van der Waals surface area contributed by atoms with Crippen LogP contribution in [0.1, 0.15) is 64.4 Å². The summed E-state index contributed by atoms with van der Waals surface area (Å²) < 4.78 is 73.4. The monoisotopic (exact) mass is 1320 g/mol. The molecule has 4 N–H and O–H groups in total. The maximum absolute atomic E-state index is 13.3. The highest BCUT2D eigenvalue weighted by molar-refractivity contribution is 9.10. The summed E-state index contributed by atoms with van der Waals surface area (Å²) >= 11 is 6.59. The Morgan fingerprint density at radius 3 is 1.57 bits per heavy atom. The number of halogens is 6. The molecule has 4 fully saturated rings. The van der Waals surface area contributed by atoms with Crippen molar-refractivity contribution in [1.29, 1.82) is 0 Å². The fraction of sp³-hybridized carbons (Fsp3) is 0.310. The second-order valence-corrected chi connectivity index (χ2v) is 23.3. The van der Waals surface area contributed by atoms with Gasteiger partial charge < -0.3 is 44.6 Å². The molecule has 434 valence electrons.